The highest BCUT2D eigenvalue weighted by molar-refractivity contribution is 7.93. The van der Waals surface area contributed by atoms with Crippen molar-refractivity contribution in [2.45, 2.75) is 52.2 Å². The Labute approximate surface area is 207 Å². The van der Waals surface area contributed by atoms with Crippen LogP contribution in [0.2, 0.25) is 0 Å². The van der Waals surface area contributed by atoms with Gasteiger partial charge in [-0.15, -0.1) is 11.3 Å². The number of thiazole rings is 1. The third-order valence-electron chi connectivity index (χ3n) is 6.47. The summed E-state index contributed by atoms with van der Waals surface area (Å²) in [5, 5.41) is 5.19. The lowest BCUT2D eigenvalue weighted by Gasteiger charge is -2.27. The van der Waals surface area contributed by atoms with Crippen LogP contribution in [-0.4, -0.2) is 55.8 Å². The average Bonchev–Trinajstić information content (AvgIpc) is 3.20. The number of sulfonamides is 1. The minimum absolute atomic E-state index is 0.0342. The number of aryl methyl sites for hydroxylation is 3. The Bertz CT molecular complexity index is 1440. The van der Waals surface area contributed by atoms with E-state index in [1.54, 1.807) is 24.0 Å². The van der Waals surface area contributed by atoms with Gasteiger partial charge in [-0.3, -0.25) is 4.68 Å². The molecule has 2 aliphatic carbocycles. The molecule has 2 aromatic rings. The average molecular weight is 516 g/mol. The first-order valence-electron chi connectivity index (χ1n) is 11.3. The molecule has 0 spiro atoms. The van der Waals surface area contributed by atoms with Gasteiger partial charge in [-0.1, -0.05) is 0 Å². The van der Waals surface area contributed by atoms with E-state index in [2.05, 4.69) is 14.8 Å². The summed E-state index contributed by atoms with van der Waals surface area (Å²) in [6.45, 7) is 5.85. The second-order valence-electron chi connectivity index (χ2n) is 9.51. The van der Waals surface area contributed by atoms with Gasteiger partial charge in [0.2, 0.25) is 10.0 Å². The Hall–Kier alpha value is -2.96. The topological polar surface area (TPSA) is 117 Å². The standard InChI is InChI=1S/C23H27N6O4S2/c1-14-9-16(27(4)25-14)12-28-20-6-5-18(35(32,33)26-23(3)7-8-23)10-19(20)21(30)29(22(28)31)13-17-11-24-15(2)34-17/h5-6,9-11,19,26H,7-8,12-13H2,1-4H3/q+1. The number of hydrogen-bond donors (Lipinski definition) is 1. The molecule has 1 atom stereocenters. The van der Waals surface area contributed by atoms with E-state index in [1.807, 2.05) is 26.8 Å². The van der Waals surface area contributed by atoms with Gasteiger partial charge in [0.1, 0.15) is 24.7 Å². The van der Waals surface area contributed by atoms with Gasteiger partial charge < -0.3 is 0 Å². The summed E-state index contributed by atoms with van der Waals surface area (Å²) >= 11 is 1.41. The van der Waals surface area contributed by atoms with Crippen LogP contribution < -0.4 is 4.72 Å². The van der Waals surface area contributed by atoms with Gasteiger partial charge in [0.25, 0.3) is 0 Å². The summed E-state index contributed by atoms with van der Waals surface area (Å²) in [7, 11) is -2.01. The van der Waals surface area contributed by atoms with E-state index in [0.29, 0.717) is 5.71 Å². The van der Waals surface area contributed by atoms with E-state index >= 15 is 0 Å². The van der Waals surface area contributed by atoms with E-state index in [4.69, 9.17) is 0 Å². The molecule has 1 N–H and O–H groups in total. The number of carbonyl (C=O) groups excluding carboxylic acids is 2. The summed E-state index contributed by atoms with van der Waals surface area (Å²) < 4.78 is 32.0. The van der Waals surface area contributed by atoms with Crippen molar-refractivity contribution in [2.24, 2.45) is 13.0 Å². The number of allylic oxidation sites excluding steroid dienone is 2. The molecule has 184 valence electrons. The number of imide groups is 1. The quantitative estimate of drug-likeness (QED) is 0.565. The summed E-state index contributed by atoms with van der Waals surface area (Å²) in [4.78, 5) is 33.3. The SMILES string of the molecule is Cc1cc(C[N+]2=C3C=CC(S(=O)(=O)NC4(C)CC4)=CC3C(=O)N(Cc3cnc(C)s3)C2=O)n(C)n1. The Morgan fingerprint density at radius 3 is 2.60 bits per heavy atom. The monoisotopic (exact) mass is 515 g/mol. The van der Waals surface area contributed by atoms with Gasteiger partial charge >= 0.3 is 11.9 Å². The van der Waals surface area contributed by atoms with Crippen molar-refractivity contribution < 1.29 is 22.6 Å². The molecule has 35 heavy (non-hydrogen) atoms. The van der Waals surface area contributed by atoms with Gasteiger partial charge in [-0.05, 0) is 57.9 Å². The molecule has 12 heteroatoms. The van der Waals surface area contributed by atoms with Gasteiger partial charge in [0.05, 0.1) is 26.2 Å². The zero-order valence-electron chi connectivity index (χ0n) is 20.0. The molecule has 10 nitrogen and oxygen atoms in total. The van der Waals surface area contributed by atoms with Crippen LogP contribution in [0.15, 0.2) is 35.4 Å². The largest absolute Gasteiger partial charge is 0.501 e. The van der Waals surface area contributed by atoms with Crippen LogP contribution >= 0.6 is 11.3 Å². The van der Waals surface area contributed by atoms with Crippen molar-refractivity contribution in [2.75, 3.05) is 0 Å². The number of amides is 3. The van der Waals surface area contributed by atoms with Crippen molar-refractivity contribution in [1.82, 2.24) is 24.4 Å². The lowest BCUT2D eigenvalue weighted by atomic mass is 9.94. The molecule has 1 unspecified atom stereocenters. The fourth-order valence-electron chi connectivity index (χ4n) is 4.32. The number of fused-ring (bicyclic) bond motifs is 1. The van der Waals surface area contributed by atoms with E-state index in [0.717, 1.165) is 34.1 Å². The van der Waals surface area contributed by atoms with E-state index in [-0.39, 0.29) is 18.0 Å². The molecular formula is C23H27N6O4S2+. The molecule has 0 aromatic carbocycles. The molecular weight excluding hydrogens is 488 g/mol. The molecule has 0 radical (unpaired) electrons. The van der Waals surface area contributed by atoms with Crippen LogP contribution in [-0.2, 0) is 35.0 Å². The second kappa shape index (κ2) is 8.32. The number of rotatable bonds is 7. The first kappa shape index (κ1) is 23.8. The van der Waals surface area contributed by atoms with Crippen molar-refractivity contribution in [3.63, 3.8) is 0 Å². The molecule has 1 saturated carbocycles. The minimum atomic E-state index is -3.80. The smallest absolute Gasteiger partial charge is 0.268 e. The zero-order valence-corrected chi connectivity index (χ0v) is 21.6. The number of hydrogen-bond acceptors (Lipinski definition) is 7. The molecule has 1 aliphatic heterocycles. The number of carbonyl (C=O) groups is 2. The predicted octanol–water partition coefficient (Wildman–Crippen LogP) is 2.15. The fraction of sp³-hybridized carbons (Fsp3) is 0.435. The normalized spacial score (nSPS) is 21.4. The minimum Gasteiger partial charge on any atom is -0.268 e. The van der Waals surface area contributed by atoms with Crippen LogP contribution in [0.3, 0.4) is 0 Å². The molecule has 3 aliphatic rings. The van der Waals surface area contributed by atoms with Crippen molar-refractivity contribution in [3.8, 4) is 0 Å². The van der Waals surface area contributed by atoms with Gasteiger partial charge in [0, 0.05) is 18.8 Å². The summed E-state index contributed by atoms with van der Waals surface area (Å²) in [5.74, 6) is -1.36. The first-order chi connectivity index (χ1) is 16.5. The van der Waals surface area contributed by atoms with Crippen molar-refractivity contribution in [3.05, 3.63) is 56.7 Å². The molecule has 3 amide bonds. The van der Waals surface area contributed by atoms with Crippen LogP contribution in [0, 0.1) is 19.8 Å². The van der Waals surface area contributed by atoms with Crippen LogP contribution in [0.1, 0.15) is 41.0 Å². The third-order valence-corrected chi connectivity index (χ3v) is 9.02. The fourth-order valence-corrected chi connectivity index (χ4v) is 6.63. The number of urea groups is 1. The Kier molecular flexibility index (Phi) is 5.65. The molecule has 2 aromatic heterocycles. The summed E-state index contributed by atoms with van der Waals surface area (Å²) in [6.07, 6.45) is 7.69. The van der Waals surface area contributed by atoms with Gasteiger partial charge in [0.15, 0.2) is 0 Å². The van der Waals surface area contributed by atoms with Crippen molar-refractivity contribution in [1.29, 1.82) is 0 Å². The maximum absolute atomic E-state index is 13.6. The highest BCUT2D eigenvalue weighted by Gasteiger charge is 2.49. The Morgan fingerprint density at radius 1 is 1.26 bits per heavy atom. The number of aromatic nitrogens is 3. The van der Waals surface area contributed by atoms with Gasteiger partial charge in [-0.25, -0.2) is 22.9 Å². The van der Waals surface area contributed by atoms with Crippen molar-refractivity contribution >= 4 is 39.0 Å². The first-order valence-corrected chi connectivity index (χ1v) is 13.6. The maximum Gasteiger partial charge on any atom is 0.501 e. The third kappa shape index (κ3) is 4.53. The maximum atomic E-state index is 13.6. The Balaban J connectivity index is 1.56. The lowest BCUT2D eigenvalue weighted by molar-refractivity contribution is -0.457. The summed E-state index contributed by atoms with van der Waals surface area (Å²) in [5.41, 5.74) is 1.62. The van der Waals surface area contributed by atoms with Crippen LogP contribution in [0.4, 0.5) is 4.79 Å². The molecule has 5 rings (SSSR count). The van der Waals surface area contributed by atoms with Crippen LogP contribution in [0.5, 0.6) is 0 Å². The molecule has 0 saturated heterocycles. The Morgan fingerprint density at radius 2 is 2.00 bits per heavy atom. The van der Waals surface area contributed by atoms with E-state index in [1.165, 1.54) is 33.0 Å². The zero-order chi connectivity index (χ0) is 25.1. The molecule has 3 heterocycles. The predicted molar refractivity (Wildman–Crippen MR) is 130 cm³/mol. The number of nitrogens with zero attached hydrogens (tertiary/aromatic N) is 5. The summed E-state index contributed by atoms with van der Waals surface area (Å²) in [6, 6.07) is 1.42. The highest BCUT2D eigenvalue weighted by Crippen LogP contribution is 2.36. The molecule has 1 fully saturated rings. The van der Waals surface area contributed by atoms with Gasteiger partial charge in [-0.2, -0.15) is 19.4 Å². The highest BCUT2D eigenvalue weighted by atomic mass is 32.2. The lowest BCUT2D eigenvalue weighted by Crippen LogP contribution is -2.54. The van der Waals surface area contributed by atoms with E-state index < -0.39 is 33.4 Å². The second-order valence-corrected chi connectivity index (χ2v) is 12.5. The molecule has 0 bridgehead atoms. The van der Waals surface area contributed by atoms with Crippen LogP contribution in [0.25, 0.3) is 0 Å². The van der Waals surface area contributed by atoms with E-state index in [9.17, 15) is 18.0 Å². The number of nitrogens with one attached hydrogen (secondary N) is 1.